The van der Waals surface area contributed by atoms with Gasteiger partial charge in [-0.1, -0.05) is 18.2 Å². The minimum Gasteiger partial charge on any atom is -0.321 e. The topological polar surface area (TPSA) is 26.0 Å². The predicted molar refractivity (Wildman–Crippen MR) is 48.3 cm³/mol. The van der Waals surface area contributed by atoms with E-state index in [9.17, 15) is 4.39 Å². The second-order valence-corrected chi connectivity index (χ2v) is 2.72. The van der Waals surface area contributed by atoms with Gasteiger partial charge in [0.1, 0.15) is 5.82 Å². The highest BCUT2D eigenvalue weighted by Gasteiger charge is 2.07. The molecule has 0 bridgehead atoms. The van der Waals surface area contributed by atoms with Gasteiger partial charge in [0.15, 0.2) is 0 Å². The van der Waals surface area contributed by atoms with Crippen LogP contribution < -0.4 is 5.73 Å². The number of benzene rings is 1. The van der Waals surface area contributed by atoms with Crippen molar-refractivity contribution in [3.05, 3.63) is 47.8 Å². The Labute approximate surface area is 71.7 Å². The second kappa shape index (κ2) is 3.50. The molecule has 1 aromatic rings. The fraction of sp³-hybridized carbons (Fsp3) is 0.200. The maximum Gasteiger partial charge on any atom is 0.126 e. The van der Waals surface area contributed by atoms with Gasteiger partial charge in [0, 0.05) is 6.04 Å². The third kappa shape index (κ3) is 1.53. The van der Waals surface area contributed by atoms with Crippen LogP contribution in [-0.2, 0) is 0 Å². The van der Waals surface area contributed by atoms with Crippen LogP contribution in [0.15, 0.2) is 30.9 Å². The molecule has 0 aromatic heterocycles. The van der Waals surface area contributed by atoms with Crippen LogP contribution in [0.4, 0.5) is 4.39 Å². The summed E-state index contributed by atoms with van der Waals surface area (Å²) in [5.74, 6) is -0.218. The molecular formula is C10H12FN. The fourth-order valence-corrected chi connectivity index (χ4v) is 1.11. The fourth-order valence-electron chi connectivity index (χ4n) is 1.11. The van der Waals surface area contributed by atoms with E-state index in [0.717, 1.165) is 5.56 Å². The van der Waals surface area contributed by atoms with E-state index in [0.29, 0.717) is 5.56 Å². The Morgan fingerprint density at radius 1 is 1.58 bits per heavy atom. The first-order valence-electron chi connectivity index (χ1n) is 3.80. The molecule has 0 fully saturated rings. The molecule has 0 saturated heterocycles. The predicted octanol–water partition coefficient (Wildman–Crippen LogP) is 2.32. The second-order valence-electron chi connectivity index (χ2n) is 2.72. The maximum atomic E-state index is 13.0. The molecule has 0 spiro atoms. The number of halogens is 1. The maximum absolute atomic E-state index is 13.0. The summed E-state index contributed by atoms with van der Waals surface area (Å²) in [4.78, 5) is 0. The van der Waals surface area contributed by atoms with Gasteiger partial charge < -0.3 is 5.73 Å². The Morgan fingerprint density at radius 3 is 2.83 bits per heavy atom. The lowest BCUT2D eigenvalue weighted by molar-refractivity contribution is 0.613. The van der Waals surface area contributed by atoms with Crippen LogP contribution in [-0.4, -0.2) is 0 Å². The number of nitrogens with two attached hydrogens (primary N) is 1. The molecule has 0 aliphatic heterocycles. The zero-order valence-corrected chi connectivity index (χ0v) is 7.05. The van der Waals surface area contributed by atoms with Gasteiger partial charge in [0.25, 0.3) is 0 Å². The van der Waals surface area contributed by atoms with Crippen LogP contribution in [0.25, 0.3) is 0 Å². The highest BCUT2D eigenvalue weighted by molar-refractivity contribution is 5.31. The van der Waals surface area contributed by atoms with Crippen molar-refractivity contribution in [2.45, 2.75) is 13.0 Å². The van der Waals surface area contributed by atoms with Gasteiger partial charge in [0.2, 0.25) is 0 Å². The molecule has 0 heterocycles. The zero-order chi connectivity index (χ0) is 9.14. The molecule has 0 saturated carbocycles. The molecule has 1 rings (SSSR count). The average Bonchev–Trinajstić information content (AvgIpc) is 2.08. The Kier molecular flexibility index (Phi) is 2.61. The van der Waals surface area contributed by atoms with Crippen molar-refractivity contribution >= 4 is 0 Å². The highest BCUT2D eigenvalue weighted by atomic mass is 19.1. The molecule has 1 atom stereocenters. The van der Waals surface area contributed by atoms with Gasteiger partial charge in [-0.25, -0.2) is 4.39 Å². The van der Waals surface area contributed by atoms with E-state index in [1.54, 1.807) is 19.1 Å². The molecule has 12 heavy (non-hydrogen) atoms. The molecule has 0 aliphatic rings. The lowest BCUT2D eigenvalue weighted by Crippen LogP contribution is -2.08. The summed E-state index contributed by atoms with van der Waals surface area (Å²) >= 11 is 0. The van der Waals surface area contributed by atoms with Crippen LogP contribution in [0, 0.1) is 12.7 Å². The minimum atomic E-state index is -0.277. The molecule has 64 valence electrons. The molecule has 1 nitrogen and oxygen atoms in total. The standard InChI is InChI=1S/C10H12FN/c1-3-10(12)8-5-4-6-9(11)7(8)2/h3-6,10H,1,12H2,2H3. The van der Waals surface area contributed by atoms with E-state index >= 15 is 0 Å². The van der Waals surface area contributed by atoms with Crippen molar-refractivity contribution in [2.75, 3.05) is 0 Å². The third-order valence-electron chi connectivity index (χ3n) is 1.92. The van der Waals surface area contributed by atoms with Crippen molar-refractivity contribution in [2.24, 2.45) is 5.73 Å². The Morgan fingerprint density at radius 2 is 2.25 bits per heavy atom. The van der Waals surface area contributed by atoms with Crippen LogP contribution in [0.2, 0.25) is 0 Å². The minimum absolute atomic E-state index is 0.218. The molecule has 1 unspecified atom stereocenters. The summed E-state index contributed by atoms with van der Waals surface area (Å²) in [5, 5.41) is 0. The van der Waals surface area contributed by atoms with Crippen LogP contribution in [0.5, 0.6) is 0 Å². The van der Waals surface area contributed by atoms with Gasteiger partial charge in [-0.05, 0) is 24.1 Å². The summed E-state index contributed by atoms with van der Waals surface area (Å²) in [5.41, 5.74) is 7.08. The van der Waals surface area contributed by atoms with Gasteiger partial charge >= 0.3 is 0 Å². The van der Waals surface area contributed by atoms with E-state index in [1.807, 2.05) is 6.07 Å². The largest absolute Gasteiger partial charge is 0.321 e. The van der Waals surface area contributed by atoms with Gasteiger partial charge in [0.05, 0.1) is 0 Å². The molecule has 2 heteroatoms. The first kappa shape index (κ1) is 8.94. The first-order valence-corrected chi connectivity index (χ1v) is 3.80. The van der Waals surface area contributed by atoms with E-state index in [4.69, 9.17) is 5.73 Å². The van der Waals surface area contributed by atoms with Gasteiger partial charge in [-0.3, -0.25) is 0 Å². The summed E-state index contributed by atoms with van der Waals surface area (Å²) in [6.45, 7) is 5.28. The molecule has 0 aliphatic carbocycles. The molecule has 2 N–H and O–H groups in total. The van der Waals surface area contributed by atoms with Crippen LogP contribution in [0.1, 0.15) is 17.2 Å². The number of hydrogen-bond acceptors (Lipinski definition) is 1. The normalized spacial score (nSPS) is 12.6. The SMILES string of the molecule is C=CC(N)c1cccc(F)c1C. The van der Waals surface area contributed by atoms with Crippen molar-refractivity contribution in [1.82, 2.24) is 0 Å². The summed E-state index contributed by atoms with van der Waals surface area (Å²) in [7, 11) is 0. The summed E-state index contributed by atoms with van der Waals surface area (Å²) in [6, 6.07) is 4.61. The van der Waals surface area contributed by atoms with Crippen molar-refractivity contribution in [1.29, 1.82) is 0 Å². The highest BCUT2D eigenvalue weighted by Crippen LogP contribution is 2.18. The van der Waals surface area contributed by atoms with E-state index < -0.39 is 0 Å². The van der Waals surface area contributed by atoms with Crippen LogP contribution in [0.3, 0.4) is 0 Å². The van der Waals surface area contributed by atoms with Crippen molar-refractivity contribution in [3.8, 4) is 0 Å². The summed E-state index contributed by atoms with van der Waals surface area (Å²) < 4.78 is 13.0. The van der Waals surface area contributed by atoms with Gasteiger partial charge in [-0.2, -0.15) is 0 Å². The molecule has 0 amide bonds. The Hall–Kier alpha value is -1.15. The lowest BCUT2D eigenvalue weighted by atomic mass is 10.0. The smallest absolute Gasteiger partial charge is 0.126 e. The molecule has 1 aromatic carbocycles. The first-order chi connectivity index (χ1) is 5.66. The van der Waals surface area contributed by atoms with Crippen molar-refractivity contribution < 1.29 is 4.39 Å². The van der Waals surface area contributed by atoms with E-state index in [1.165, 1.54) is 6.07 Å². The summed E-state index contributed by atoms with van der Waals surface area (Å²) in [6.07, 6.45) is 1.60. The van der Waals surface area contributed by atoms with Crippen LogP contribution >= 0.6 is 0 Å². The Balaban J connectivity index is 3.15. The zero-order valence-electron chi connectivity index (χ0n) is 7.05. The van der Waals surface area contributed by atoms with E-state index in [2.05, 4.69) is 6.58 Å². The average molecular weight is 165 g/mol. The number of hydrogen-bond donors (Lipinski definition) is 1. The quantitative estimate of drug-likeness (QED) is 0.669. The van der Waals surface area contributed by atoms with Crippen molar-refractivity contribution in [3.63, 3.8) is 0 Å². The van der Waals surface area contributed by atoms with Gasteiger partial charge in [-0.15, -0.1) is 6.58 Å². The molecule has 0 radical (unpaired) electrons. The van der Waals surface area contributed by atoms with E-state index in [-0.39, 0.29) is 11.9 Å². The lowest BCUT2D eigenvalue weighted by Gasteiger charge is -2.10. The molecular weight excluding hydrogens is 153 g/mol. The monoisotopic (exact) mass is 165 g/mol. The number of rotatable bonds is 2. The third-order valence-corrected chi connectivity index (χ3v) is 1.92. The Bertz CT molecular complexity index is 294.